The monoisotopic (exact) mass is 240 g/mol. The minimum Gasteiger partial charge on any atom is -0.423 e. The highest BCUT2D eigenvalue weighted by Gasteiger charge is 2.71. The van der Waals surface area contributed by atoms with Gasteiger partial charge in [-0.1, -0.05) is 0 Å². The van der Waals surface area contributed by atoms with Crippen LogP contribution >= 0.6 is 0 Å². The van der Waals surface area contributed by atoms with Crippen molar-refractivity contribution in [3.8, 4) is 0 Å². The van der Waals surface area contributed by atoms with Gasteiger partial charge in [0.2, 0.25) is 0 Å². The third kappa shape index (κ3) is 2.64. The summed E-state index contributed by atoms with van der Waals surface area (Å²) >= 11 is 0. The van der Waals surface area contributed by atoms with Gasteiger partial charge in [0.1, 0.15) is 0 Å². The molecule has 1 amide bonds. The number of nitrogens with one attached hydrogen (secondary N) is 1. The van der Waals surface area contributed by atoms with E-state index in [0.29, 0.717) is 0 Å². The molecule has 0 aliphatic carbocycles. The number of hydrazine groups is 1. The lowest BCUT2D eigenvalue weighted by Crippen LogP contribution is -2.58. The van der Waals surface area contributed by atoms with Crippen LogP contribution in [0, 0.1) is 0 Å². The van der Waals surface area contributed by atoms with E-state index < -0.39 is 24.0 Å². The zero-order chi connectivity index (χ0) is 12.5. The van der Waals surface area contributed by atoms with Crippen LogP contribution in [0.2, 0.25) is 0 Å². The number of halogens is 6. The quantitative estimate of drug-likeness (QED) is 0.315. The van der Waals surface area contributed by atoms with E-state index in [1.165, 1.54) is 0 Å². The van der Waals surface area contributed by atoms with Gasteiger partial charge in [-0.05, 0) is 6.92 Å². The highest BCUT2D eigenvalue weighted by atomic mass is 19.4. The number of carbonyl (C=O) groups excluding carboxylic acids is 1. The van der Waals surface area contributed by atoms with Crippen LogP contribution in [0.3, 0.4) is 0 Å². The Hall–Kier alpha value is -1.19. The summed E-state index contributed by atoms with van der Waals surface area (Å²) in [7, 11) is 0. The topological polar surface area (TPSA) is 64.3 Å². The molecule has 10 heteroatoms. The molecule has 0 fully saturated rings. The van der Waals surface area contributed by atoms with Crippen molar-refractivity contribution in [3.63, 3.8) is 0 Å². The van der Waals surface area contributed by atoms with Crippen molar-refractivity contribution in [2.45, 2.75) is 24.9 Å². The van der Waals surface area contributed by atoms with Crippen LogP contribution in [-0.4, -0.2) is 24.0 Å². The highest BCUT2D eigenvalue weighted by Crippen LogP contribution is 2.45. The first-order valence-corrected chi connectivity index (χ1v) is 3.28. The average Bonchev–Trinajstić information content (AvgIpc) is 1.99. The molecular weight excluding hydrogens is 234 g/mol. The maximum Gasteiger partial charge on any atom is 0.437 e. The summed E-state index contributed by atoms with van der Waals surface area (Å²) in [6, 6.07) is 0. The van der Waals surface area contributed by atoms with E-state index in [-0.39, 0.29) is 6.92 Å². The first kappa shape index (κ1) is 13.8. The number of ether oxygens (including phenoxy) is 1. The fraction of sp³-hybridized carbons (Fsp3) is 0.800. The minimum atomic E-state index is -5.79. The van der Waals surface area contributed by atoms with Crippen LogP contribution in [0.1, 0.15) is 6.92 Å². The number of hydrogen-bond donors (Lipinski definition) is 2. The molecule has 0 bridgehead atoms. The Morgan fingerprint density at radius 2 is 1.47 bits per heavy atom. The molecule has 0 saturated heterocycles. The van der Waals surface area contributed by atoms with E-state index in [0.717, 1.165) is 5.43 Å². The maximum absolute atomic E-state index is 12.0. The summed E-state index contributed by atoms with van der Waals surface area (Å²) in [5.74, 6) is 4.31. The van der Waals surface area contributed by atoms with Gasteiger partial charge in [-0.2, -0.15) is 26.3 Å². The van der Waals surface area contributed by atoms with E-state index in [1.54, 1.807) is 0 Å². The van der Waals surface area contributed by atoms with Crippen molar-refractivity contribution in [1.82, 2.24) is 5.43 Å². The van der Waals surface area contributed by atoms with Gasteiger partial charge in [0.05, 0.1) is 0 Å². The van der Waals surface area contributed by atoms with Crippen LogP contribution in [0.15, 0.2) is 0 Å². The molecule has 0 atom stereocenters. The standard InChI is InChI=1S/C5H6F6N2O2/c1-3(4(6,7)8,5(9,10)11)15-2(14)13-12/h12H2,1H3,(H,13,14). The fourth-order valence-corrected chi connectivity index (χ4v) is 0.491. The molecule has 0 unspecified atom stereocenters. The van der Waals surface area contributed by atoms with Crippen LogP contribution < -0.4 is 11.3 Å². The third-order valence-electron chi connectivity index (χ3n) is 1.50. The first-order chi connectivity index (χ1) is 6.45. The van der Waals surface area contributed by atoms with Crippen molar-refractivity contribution in [2.24, 2.45) is 5.84 Å². The van der Waals surface area contributed by atoms with Crippen LogP contribution in [0.25, 0.3) is 0 Å². The predicted molar refractivity (Wildman–Crippen MR) is 34.3 cm³/mol. The van der Waals surface area contributed by atoms with Crippen molar-refractivity contribution >= 4 is 6.09 Å². The van der Waals surface area contributed by atoms with Gasteiger partial charge in [0.15, 0.2) is 0 Å². The highest BCUT2D eigenvalue weighted by molar-refractivity contribution is 5.67. The molecule has 0 aromatic carbocycles. The Morgan fingerprint density at radius 3 is 1.67 bits per heavy atom. The van der Waals surface area contributed by atoms with Gasteiger partial charge in [0.25, 0.3) is 5.60 Å². The van der Waals surface area contributed by atoms with Gasteiger partial charge in [-0.15, -0.1) is 0 Å². The Bertz CT molecular complexity index is 233. The first-order valence-electron chi connectivity index (χ1n) is 3.28. The summed E-state index contributed by atoms with van der Waals surface area (Å²) in [5.41, 5.74) is -3.59. The van der Waals surface area contributed by atoms with Crippen molar-refractivity contribution in [2.75, 3.05) is 0 Å². The summed E-state index contributed by atoms with van der Waals surface area (Å²) in [6.07, 6.45) is -13.6. The molecule has 0 saturated carbocycles. The van der Waals surface area contributed by atoms with Crippen molar-refractivity contribution < 1.29 is 35.9 Å². The lowest BCUT2D eigenvalue weighted by atomic mass is 10.1. The molecule has 15 heavy (non-hydrogen) atoms. The maximum atomic E-state index is 12.0. The van der Waals surface area contributed by atoms with Crippen molar-refractivity contribution in [1.29, 1.82) is 0 Å². The zero-order valence-electron chi connectivity index (χ0n) is 7.16. The van der Waals surface area contributed by atoms with Crippen molar-refractivity contribution in [3.05, 3.63) is 0 Å². The molecule has 0 spiro atoms. The van der Waals surface area contributed by atoms with Crippen LogP contribution in [0.5, 0.6) is 0 Å². The van der Waals surface area contributed by atoms with Gasteiger partial charge >= 0.3 is 18.4 Å². The number of alkyl halides is 6. The second kappa shape index (κ2) is 3.76. The molecule has 3 N–H and O–H groups in total. The fourth-order valence-electron chi connectivity index (χ4n) is 0.491. The Kier molecular flexibility index (Phi) is 3.46. The molecule has 0 rings (SSSR count). The Balaban J connectivity index is 5.15. The van der Waals surface area contributed by atoms with E-state index in [1.807, 2.05) is 0 Å². The number of amides is 1. The number of rotatable bonds is 1. The third-order valence-corrected chi connectivity index (χ3v) is 1.50. The average molecular weight is 240 g/mol. The van der Waals surface area contributed by atoms with Gasteiger partial charge in [-0.3, -0.25) is 5.43 Å². The van der Waals surface area contributed by atoms with Gasteiger partial charge < -0.3 is 4.74 Å². The number of hydrogen-bond acceptors (Lipinski definition) is 3. The normalized spacial score (nSPS) is 13.6. The number of nitrogens with two attached hydrogens (primary N) is 1. The summed E-state index contributed by atoms with van der Waals surface area (Å²) in [5, 5.41) is 0. The molecule has 0 aliphatic rings. The van der Waals surface area contributed by atoms with Gasteiger partial charge in [0, 0.05) is 0 Å². The van der Waals surface area contributed by atoms with Gasteiger partial charge in [-0.25, -0.2) is 10.6 Å². The lowest BCUT2D eigenvalue weighted by Gasteiger charge is -2.32. The van der Waals surface area contributed by atoms with E-state index in [4.69, 9.17) is 0 Å². The van der Waals surface area contributed by atoms with Crippen LogP contribution in [0.4, 0.5) is 31.1 Å². The van der Waals surface area contributed by atoms with E-state index >= 15 is 0 Å². The summed E-state index contributed by atoms with van der Waals surface area (Å²) < 4.78 is 75.4. The molecule has 90 valence electrons. The number of carbonyl (C=O) groups is 1. The summed E-state index contributed by atoms with van der Waals surface area (Å²) in [4.78, 5) is 10.3. The molecule has 0 aliphatic heterocycles. The Labute approximate surface area is 79.3 Å². The lowest BCUT2D eigenvalue weighted by molar-refractivity contribution is -0.357. The zero-order valence-corrected chi connectivity index (χ0v) is 7.16. The minimum absolute atomic E-state index is 0.317. The molecule has 0 heterocycles. The molecule has 0 radical (unpaired) electrons. The smallest absolute Gasteiger partial charge is 0.423 e. The molecule has 0 aromatic rings. The predicted octanol–water partition coefficient (Wildman–Crippen LogP) is 1.47. The van der Waals surface area contributed by atoms with E-state index in [9.17, 15) is 31.1 Å². The molecule has 0 aromatic heterocycles. The largest absolute Gasteiger partial charge is 0.437 e. The van der Waals surface area contributed by atoms with E-state index in [2.05, 4.69) is 10.6 Å². The summed E-state index contributed by atoms with van der Waals surface area (Å²) in [6.45, 7) is -0.317. The second-order valence-electron chi connectivity index (χ2n) is 2.56. The molecular formula is C5H6F6N2O2. The molecule has 4 nitrogen and oxygen atoms in total. The SMILES string of the molecule is CC(OC(=O)NN)(C(F)(F)F)C(F)(F)F. The van der Waals surface area contributed by atoms with Crippen LogP contribution in [-0.2, 0) is 4.74 Å². The second-order valence-corrected chi connectivity index (χ2v) is 2.56. The Morgan fingerprint density at radius 1 is 1.13 bits per heavy atom.